The molecule has 0 radical (unpaired) electrons. The van der Waals surface area contributed by atoms with Crippen LogP contribution >= 0.6 is 0 Å². The van der Waals surface area contributed by atoms with E-state index in [9.17, 15) is 8.42 Å². The standard InChI is InChI=1S/C12H26O4S.C4H11N5/c1-2-3-4-5-6-7-8-9-10-11-12-16-17(13,14)15;1-9(2)4(7)8-3(5)6/h2-12H2,1H3,(H,13,14,15);1-2H3,(H5,5,6,7,8). The van der Waals surface area contributed by atoms with Gasteiger partial charge < -0.3 is 10.6 Å². The molecule has 156 valence electrons. The Bertz CT molecular complexity index is 469. The summed E-state index contributed by atoms with van der Waals surface area (Å²) in [6.07, 6.45) is 11.9. The molecular weight excluding hydrogens is 358 g/mol. The number of rotatable bonds is 12. The molecule has 10 heteroatoms. The molecule has 26 heavy (non-hydrogen) atoms. The predicted octanol–water partition coefficient (Wildman–Crippen LogP) is 2.69. The molecule has 0 spiro atoms. The first-order chi connectivity index (χ1) is 12.1. The minimum Gasteiger partial charge on any atom is -0.370 e. The number of nitrogens with one attached hydrogen (secondary N) is 3. The Morgan fingerprint density at radius 2 is 1.42 bits per heavy atom. The second-order valence-corrected chi connectivity index (χ2v) is 7.30. The molecule has 6 N–H and O–H groups in total. The quantitative estimate of drug-likeness (QED) is 0.147. The summed E-state index contributed by atoms with van der Waals surface area (Å²) in [5.41, 5.74) is 4.94. The van der Waals surface area contributed by atoms with Crippen molar-refractivity contribution in [1.82, 2.24) is 10.2 Å². The summed E-state index contributed by atoms with van der Waals surface area (Å²) < 4.78 is 33.0. The maximum atomic E-state index is 10.2. The van der Waals surface area contributed by atoms with Crippen molar-refractivity contribution in [2.24, 2.45) is 5.73 Å². The molecule has 9 nitrogen and oxygen atoms in total. The van der Waals surface area contributed by atoms with Crippen LogP contribution < -0.4 is 11.1 Å². The summed E-state index contributed by atoms with van der Waals surface area (Å²) in [5, 5.41) is 16.1. The highest BCUT2D eigenvalue weighted by molar-refractivity contribution is 7.80. The normalized spacial score (nSPS) is 10.6. The number of nitrogens with zero attached hydrogens (tertiary/aromatic N) is 1. The number of hydrogen-bond donors (Lipinski definition) is 5. The van der Waals surface area contributed by atoms with E-state index < -0.39 is 10.4 Å². The second-order valence-electron chi connectivity index (χ2n) is 6.21. The van der Waals surface area contributed by atoms with E-state index in [0.717, 1.165) is 12.8 Å². The van der Waals surface area contributed by atoms with Gasteiger partial charge in [-0.1, -0.05) is 64.7 Å². The molecule has 0 saturated carbocycles. The fourth-order valence-electron chi connectivity index (χ4n) is 1.99. The Balaban J connectivity index is 0. The molecule has 0 aromatic carbocycles. The van der Waals surface area contributed by atoms with Crippen LogP contribution in [0.15, 0.2) is 0 Å². The third-order valence-corrected chi connectivity index (χ3v) is 3.89. The van der Waals surface area contributed by atoms with Gasteiger partial charge in [0.05, 0.1) is 6.61 Å². The van der Waals surface area contributed by atoms with Gasteiger partial charge in [-0.2, -0.15) is 8.42 Å². The molecule has 0 heterocycles. The van der Waals surface area contributed by atoms with E-state index in [-0.39, 0.29) is 18.5 Å². The van der Waals surface area contributed by atoms with E-state index >= 15 is 0 Å². The predicted molar refractivity (Wildman–Crippen MR) is 106 cm³/mol. The molecule has 0 amide bonds. The summed E-state index contributed by atoms with van der Waals surface area (Å²) in [5.74, 6) is -0.101. The SMILES string of the molecule is CCCCCCCCCCCCOS(=O)(=O)O.CN(C)C(=N)NC(=N)N. The van der Waals surface area contributed by atoms with Crippen molar-refractivity contribution < 1.29 is 17.2 Å². The Kier molecular flexibility index (Phi) is 17.6. The van der Waals surface area contributed by atoms with Gasteiger partial charge in [0.25, 0.3) is 0 Å². The molecule has 0 rings (SSSR count). The lowest BCUT2D eigenvalue weighted by Crippen LogP contribution is -2.42. The third kappa shape index (κ3) is 24.9. The van der Waals surface area contributed by atoms with Crippen molar-refractivity contribution >= 4 is 22.3 Å². The van der Waals surface area contributed by atoms with Crippen molar-refractivity contribution in [2.45, 2.75) is 71.1 Å². The van der Waals surface area contributed by atoms with Crippen LogP contribution in [0.4, 0.5) is 0 Å². The van der Waals surface area contributed by atoms with Gasteiger partial charge in [0.1, 0.15) is 0 Å². The number of unbranched alkanes of at least 4 members (excludes halogenated alkanes) is 9. The zero-order chi connectivity index (χ0) is 20.4. The Morgan fingerprint density at radius 3 is 1.73 bits per heavy atom. The third-order valence-electron chi connectivity index (χ3n) is 3.43. The van der Waals surface area contributed by atoms with E-state index in [2.05, 4.69) is 16.4 Å². The van der Waals surface area contributed by atoms with E-state index in [1.165, 1.54) is 49.8 Å². The van der Waals surface area contributed by atoms with Gasteiger partial charge in [-0.25, -0.2) is 4.18 Å². The van der Waals surface area contributed by atoms with Crippen LogP contribution in [0.3, 0.4) is 0 Å². The minimum absolute atomic E-state index is 0.0926. The van der Waals surface area contributed by atoms with E-state index in [1.807, 2.05) is 0 Å². The van der Waals surface area contributed by atoms with Crippen LogP contribution in [0.2, 0.25) is 0 Å². The largest absolute Gasteiger partial charge is 0.397 e. The first kappa shape index (κ1) is 26.8. The fourth-order valence-corrected chi connectivity index (χ4v) is 2.32. The summed E-state index contributed by atoms with van der Waals surface area (Å²) in [6.45, 7) is 2.31. The average Bonchev–Trinajstić information content (AvgIpc) is 2.51. The van der Waals surface area contributed by atoms with Crippen molar-refractivity contribution in [2.75, 3.05) is 20.7 Å². The molecule has 0 fully saturated rings. The maximum absolute atomic E-state index is 10.2. The number of nitrogens with two attached hydrogens (primary N) is 1. The van der Waals surface area contributed by atoms with Gasteiger partial charge in [0, 0.05) is 14.1 Å². The molecule has 0 aliphatic carbocycles. The zero-order valence-corrected chi connectivity index (χ0v) is 17.2. The van der Waals surface area contributed by atoms with Gasteiger partial charge in [-0.05, 0) is 6.42 Å². The molecular formula is C16H37N5O4S. The van der Waals surface area contributed by atoms with Crippen molar-refractivity contribution in [3.63, 3.8) is 0 Å². The van der Waals surface area contributed by atoms with E-state index in [4.69, 9.17) is 21.1 Å². The van der Waals surface area contributed by atoms with Gasteiger partial charge >= 0.3 is 10.4 Å². The second kappa shape index (κ2) is 17.0. The van der Waals surface area contributed by atoms with Gasteiger partial charge in [0.15, 0.2) is 11.9 Å². The van der Waals surface area contributed by atoms with Gasteiger partial charge in [0.2, 0.25) is 0 Å². The van der Waals surface area contributed by atoms with Crippen molar-refractivity contribution in [3.8, 4) is 0 Å². The van der Waals surface area contributed by atoms with Crippen LogP contribution in [-0.2, 0) is 14.6 Å². The monoisotopic (exact) mass is 395 g/mol. The number of hydrogen-bond acceptors (Lipinski definition) is 5. The summed E-state index contributed by atoms with van der Waals surface area (Å²) in [7, 11) is -0.849. The topological polar surface area (TPSA) is 153 Å². The van der Waals surface area contributed by atoms with E-state index in [1.54, 1.807) is 14.1 Å². The van der Waals surface area contributed by atoms with Crippen LogP contribution in [0.1, 0.15) is 71.1 Å². The van der Waals surface area contributed by atoms with Crippen LogP contribution in [-0.4, -0.2) is 50.5 Å². The number of guanidine groups is 2. The van der Waals surface area contributed by atoms with E-state index in [0.29, 0.717) is 6.42 Å². The Hall–Kier alpha value is -1.39. The summed E-state index contributed by atoms with van der Waals surface area (Å²) in [4.78, 5) is 1.52. The van der Waals surface area contributed by atoms with Gasteiger partial charge in [-0.15, -0.1) is 0 Å². The summed E-state index contributed by atoms with van der Waals surface area (Å²) >= 11 is 0. The lowest BCUT2D eigenvalue weighted by molar-refractivity contribution is 0.261. The molecule has 0 aliphatic heterocycles. The minimum atomic E-state index is -4.23. The fraction of sp³-hybridized carbons (Fsp3) is 0.875. The Morgan fingerprint density at radius 1 is 1.00 bits per heavy atom. The molecule has 0 aromatic heterocycles. The van der Waals surface area contributed by atoms with Crippen LogP contribution in [0.5, 0.6) is 0 Å². The van der Waals surface area contributed by atoms with Crippen molar-refractivity contribution in [1.29, 1.82) is 10.8 Å². The highest BCUT2D eigenvalue weighted by atomic mass is 32.3. The Labute approximate surface area is 158 Å². The molecule has 0 saturated heterocycles. The first-order valence-corrected chi connectivity index (χ1v) is 10.5. The zero-order valence-electron chi connectivity index (χ0n) is 16.4. The molecule has 0 unspecified atom stereocenters. The molecule has 0 aromatic rings. The lowest BCUT2D eigenvalue weighted by atomic mass is 10.1. The highest BCUT2D eigenvalue weighted by Crippen LogP contribution is 2.10. The lowest BCUT2D eigenvalue weighted by Gasteiger charge is -2.13. The van der Waals surface area contributed by atoms with Crippen LogP contribution in [0, 0.1) is 10.8 Å². The highest BCUT2D eigenvalue weighted by Gasteiger charge is 2.02. The average molecular weight is 396 g/mol. The molecule has 0 aliphatic rings. The smallest absolute Gasteiger partial charge is 0.370 e. The molecule has 0 bridgehead atoms. The molecule has 0 atom stereocenters. The van der Waals surface area contributed by atoms with Gasteiger partial charge in [-0.3, -0.25) is 20.7 Å². The maximum Gasteiger partial charge on any atom is 0.397 e. The van der Waals surface area contributed by atoms with Crippen LogP contribution in [0.25, 0.3) is 0 Å². The first-order valence-electron chi connectivity index (χ1n) is 9.09. The van der Waals surface area contributed by atoms with Crippen molar-refractivity contribution in [3.05, 3.63) is 0 Å². The summed E-state index contributed by atoms with van der Waals surface area (Å²) in [6, 6.07) is 0.